The zero-order valence-corrected chi connectivity index (χ0v) is 12.7. The third-order valence-corrected chi connectivity index (χ3v) is 4.63. The molecule has 1 saturated carbocycles. The monoisotopic (exact) mass is 303 g/mol. The first-order valence-electron chi connectivity index (χ1n) is 7.42. The Morgan fingerprint density at radius 1 is 1.10 bits per heavy atom. The van der Waals surface area contributed by atoms with E-state index >= 15 is 0 Å². The van der Waals surface area contributed by atoms with Crippen molar-refractivity contribution in [1.82, 2.24) is 4.90 Å². The molecule has 1 heterocycles. The van der Waals surface area contributed by atoms with Gasteiger partial charge in [0.15, 0.2) is 0 Å². The van der Waals surface area contributed by atoms with Crippen LogP contribution in [-0.4, -0.2) is 35.8 Å². The molecule has 0 spiro atoms. The lowest BCUT2D eigenvalue weighted by molar-refractivity contribution is -0.141. The molecule has 0 aromatic carbocycles. The van der Waals surface area contributed by atoms with E-state index in [9.17, 15) is 9.59 Å². The van der Waals surface area contributed by atoms with Gasteiger partial charge < -0.3 is 16.4 Å². The number of hydrogen-bond donors (Lipinski definition) is 2. The maximum Gasteiger partial charge on any atom is 0.226 e. The van der Waals surface area contributed by atoms with E-state index in [-0.39, 0.29) is 36.2 Å². The average molecular weight is 304 g/mol. The summed E-state index contributed by atoms with van der Waals surface area (Å²) >= 11 is 0. The molecule has 2 aliphatic rings. The number of amides is 2. The van der Waals surface area contributed by atoms with Gasteiger partial charge in [0.1, 0.15) is 0 Å². The number of piperidine rings is 1. The van der Waals surface area contributed by atoms with Gasteiger partial charge in [0.05, 0.1) is 0 Å². The molecule has 1 aliphatic heterocycles. The van der Waals surface area contributed by atoms with E-state index in [1.54, 1.807) is 0 Å². The molecule has 1 saturated heterocycles. The van der Waals surface area contributed by atoms with Crippen molar-refractivity contribution >= 4 is 24.2 Å². The van der Waals surface area contributed by atoms with Crippen molar-refractivity contribution in [1.29, 1.82) is 0 Å². The molecule has 2 fully saturated rings. The summed E-state index contributed by atoms with van der Waals surface area (Å²) in [6.07, 6.45) is 6.39. The number of carbonyl (C=O) groups is 2. The van der Waals surface area contributed by atoms with Gasteiger partial charge in [-0.25, -0.2) is 0 Å². The van der Waals surface area contributed by atoms with Gasteiger partial charge in [-0.05, 0) is 44.6 Å². The van der Waals surface area contributed by atoms with Crippen LogP contribution in [0.4, 0.5) is 0 Å². The number of rotatable bonds is 4. The Bertz CT molecular complexity index is 351. The lowest BCUT2D eigenvalue weighted by Crippen LogP contribution is -2.49. The van der Waals surface area contributed by atoms with Gasteiger partial charge in [0.25, 0.3) is 0 Å². The third-order valence-electron chi connectivity index (χ3n) is 4.63. The highest BCUT2D eigenvalue weighted by Gasteiger charge is 2.37. The smallest absolute Gasteiger partial charge is 0.226 e. The number of likely N-dealkylation sites (tertiary alicyclic amines) is 1. The Morgan fingerprint density at radius 2 is 1.85 bits per heavy atom. The Kier molecular flexibility index (Phi) is 6.76. The number of nitrogens with two attached hydrogens (primary N) is 2. The molecule has 0 radical (unpaired) electrons. The van der Waals surface area contributed by atoms with E-state index in [2.05, 4.69) is 0 Å². The maximum atomic E-state index is 12.7. The molecule has 1 unspecified atom stereocenters. The van der Waals surface area contributed by atoms with E-state index in [1.165, 1.54) is 0 Å². The molecule has 6 heteroatoms. The van der Waals surface area contributed by atoms with Crippen LogP contribution in [0.15, 0.2) is 0 Å². The fourth-order valence-electron chi connectivity index (χ4n) is 3.59. The van der Waals surface area contributed by atoms with E-state index in [1.807, 2.05) is 4.90 Å². The molecule has 3 atom stereocenters. The molecule has 0 bridgehead atoms. The van der Waals surface area contributed by atoms with Gasteiger partial charge in [-0.15, -0.1) is 12.4 Å². The fraction of sp³-hybridized carbons (Fsp3) is 0.857. The van der Waals surface area contributed by atoms with Gasteiger partial charge in [-0.2, -0.15) is 0 Å². The van der Waals surface area contributed by atoms with Gasteiger partial charge in [0, 0.05) is 24.9 Å². The maximum absolute atomic E-state index is 12.7. The molecule has 1 aliphatic carbocycles. The van der Waals surface area contributed by atoms with E-state index in [0.717, 1.165) is 45.1 Å². The second kappa shape index (κ2) is 7.84. The van der Waals surface area contributed by atoms with Gasteiger partial charge in [-0.3, -0.25) is 9.59 Å². The number of primary amides is 1. The van der Waals surface area contributed by atoms with Crippen LogP contribution in [0.25, 0.3) is 0 Å². The van der Waals surface area contributed by atoms with Crippen LogP contribution in [0.5, 0.6) is 0 Å². The topological polar surface area (TPSA) is 89.4 Å². The minimum absolute atomic E-state index is 0. The third kappa shape index (κ3) is 3.85. The molecular weight excluding hydrogens is 278 g/mol. The molecule has 116 valence electrons. The molecular formula is C14H26ClN3O2. The van der Waals surface area contributed by atoms with E-state index in [0.29, 0.717) is 18.9 Å². The highest BCUT2D eigenvalue weighted by molar-refractivity contribution is 5.85. The van der Waals surface area contributed by atoms with Crippen LogP contribution in [0.2, 0.25) is 0 Å². The molecule has 2 rings (SSSR count). The van der Waals surface area contributed by atoms with Crippen molar-refractivity contribution in [2.24, 2.45) is 23.3 Å². The van der Waals surface area contributed by atoms with Crippen LogP contribution in [-0.2, 0) is 9.59 Å². The van der Waals surface area contributed by atoms with E-state index in [4.69, 9.17) is 11.5 Å². The molecule has 20 heavy (non-hydrogen) atoms. The summed E-state index contributed by atoms with van der Waals surface area (Å²) in [5.74, 6) is 0.285. The van der Waals surface area contributed by atoms with E-state index < -0.39 is 0 Å². The largest absolute Gasteiger partial charge is 0.370 e. The first-order chi connectivity index (χ1) is 9.13. The second-order valence-corrected chi connectivity index (χ2v) is 5.88. The summed E-state index contributed by atoms with van der Waals surface area (Å²) in [5.41, 5.74) is 11.1. The number of halogens is 1. The Morgan fingerprint density at radius 3 is 2.50 bits per heavy atom. The summed E-state index contributed by atoms with van der Waals surface area (Å²) in [7, 11) is 0. The minimum Gasteiger partial charge on any atom is -0.370 e. The summed E-state index contributed by atoms with van der Waals surface area (Å²) in [6, 6.07) is 0.0118. The number of hydrogen-bond acceptors (Lipinski definition) is 3. The van der Waals surface area contributed by atoms with Crippen molar-refractivity contribution in [2.45, 2.75) is 51.0 Å². The highest BCUT2D eigenvalue weighted by atomic mass is 35.5. The second-order valence-electron chi connectivity index (χ2n) is 5.88. The predicted molar refractivity (Wildman–Crippen MR) is 80.3 cm³/mol. The Labute approximate surface area is 126 Å². The zero-order chi connectivity index (χ0) is 13.8. The average Bonchev–Trinajstić information content (AvgIpc) is 2.86. The first kappa shape index (κ1) is 17.2. The van der Waals surface area contributed by atoms with Crippen LogP contribution in [0.1, 0.15) is 44.9 Å². The van der Waals surface area contributed by atoms with Crippen molar-refractivity contribution in [2.75, 3.05) is 13.1 Å². The number of nitrogens with zero attached hydrogens (tertiary/aromatic N) is 1. The molecule has 5 nitrogen and oxygen atoms in total. The van der Waals surface area contributed by atoms with Crippen molar-refractivity contribution in [3.63, 3.8) is 0 Å². The summed E-state index contributed by atoms with van der Waals surface area (Å²) in [6.45, 7) is 1.36. The van der Waals surface area contributed by atoms with Crippen LogP contribution < -0.4 is 11.5 Å². The fourth-order valence-corrected chi connectivity index (χ4v) is 3.59. The number of carbonyl (C=O) groups excluding carboxylic acids is 2. The van der Waals surface area contributed by atoms with Gasteiger partial charge >= 0.3 is 0 Å². The summed E-state index contributed by atoms with van der Waals surface area (Å²) in [4.78, 5) is 25.7. The zero-order valence-electron chi connectivity index (χ0n) is 11.9. The van der Waals surface area contributed by atoms with Crippen LogP contribution in [0, 0.1) is 11.8 Å². The highest BCUT2D eigenvalue weighted by Crippen LogP contribution is 2.34. The quantitative estimate of drug-likeness (QED) is 0.813. The molecule has 0 aromatic heterocycles. The first-order valence-corrected chi connectivity index (χ1v) is 7.42. The normalized spacial score (nSPS) is 29.9. The summed E-state index contributed by atoms with van der Waals surface area (Å²) < 4.78 is 0. The molecule has 4 N–H and O–H groups in total. The molecule has 0 aromatic rings. The Hall–Kier alpha value is -0.810. The van der Waals surface area contributed by atoms with Crippen molar-refractivity contribution in [3.8, 4) is 0 Å². The van der Waals surface area contributed by atoms with Crippen molar-refractivity contribution in [3.05, 3.63) is 0 Å². The lowest BCUT2D eigenvalue weighted by Gasteiger charge is -2.37. The van der Waals surface area contributed by atoms with Gasteiger partial charge in [-0.1, -0.05) is 6.42 Å². The molecule has 2 amide bonds. The predicted octanol–water partition coefficient (Wildman–Crippen LogP) is 1.04. The van der Waals surface area contributed by atoms with Gasteiger partial charge in [0.2, 0.25) is 11.8 Å². The SMILES string of the molecule is Cl.NC[C@H]1CCC[C@H]1C(=O)N1CCCCC1CC(N)=O. The minimum atomic E-state index is -0.313. The van der Waals surface area contributed by atoms with Crippen LogP contribution in [0.3, 0.4) is 0 Å². The van der Waals surface area contributed by atoms with Crippen LogP contribution >= 0.6 is 12.4 Å². The standard InChI is InChI=1S/C14H25N3O2.ClH/c15-9-10-4-3-6-12(10)14(19)17-7-2-1-5-11(17)8-13(16)18;/h10-12H,1-9,15H2,(H2,16,18);1H/t10-,11?,12-;/m1./s1. The van der Waals surface area contributed by atoms with Crippen molar-refractivity contribution < 1.29 is 9.59 Å². The lowest BCUT2D eigenvalue weighted by atomic mass is 9.91. The summed E-state index contributed by atoms with van der Waals surface area (Å²) in [5, 5.41) is 0. The Balaban J connectivity index is 0.00000200.